The Morgan fingerprint density at radius 1 is 1.30 bits per heavy atom. The Balaban J connectivity index is 1.86. The smallest absolute Gasteiger partial charge is 0.342 e. The second kappa shape index (κ2) is 7.49. The molecular formula is C18H25NO4. The highest BCUT2D eigenvalue weighted by atomic mass is 16.5. The number of hydrogen-bond donors (Lipinski definition) is 2. The van der Waals surface area contributed by atoms with Crippen molar-refractivity contribution in [1.29, 1.82) is 0 Å². The summed E-state index contributed by atoms with van der Waals surface area (Å²) in [4.78, 5) is 24.0. The number of carbonyl (C=O) groups is 2. The molecule has 2 rings (SSSR count). The van der Waals surface area contributed by atoms with Gasteiger partial charge >= 0.3 is 5.97 Å². The molecule has 1 aromatic carbocycles. The Morgan fingerprint density at radius 2 is 2.04 bits per heavy atom. The number of phenols is 1. The lowest BCUT2D eigenvalue weighted by Gasteiger charge is -2.34. The minimum absolute atomic E-state index is 0.0810. The average molecular weight is 319 g/mol. The van der Waals surface area contributed by atoms with Crippen LogP contribution >= 0.6 is 0 Å². The first-order valence-electron chi connectivity index (χ1n) is 8.14. The average Bonchev–Trinajstić information content (AvgIpc) is 2.52. The van der Waals surface area contributed by atoms with Crippen LogP contribution in [0.25, 0.3) is 0 Å². The standard InChI is InChI=1S/C18H25NO4/c1-11-7-8-16(20)14(9-11)18(22)23-10-17(21)19-15-6-4-5-12(2)13(15)3/h7-9,12-13,15,20H,4-6,10H2,1-3H3,(H,19,21)/t12-,13-,15+/m0/s1. The lowest BCUT2D eigenvalue weighted by Crippen LogP contribution is -2.45. The van der Waals surface area contributed by atoms with Gasteiger partial charge in [-0.3, -0.25) is 4.79 Å². The summed E-state index contributed by atoms with van der Waals surface area (Å²) in [5, 5.41) is 12.6. The molecule has 1 saturated carbocycles. The highest BCUT2D eigenvalue weighted by molar-refractivity contribution is 5.94. The van der Waals surface area contributed by atoms with E-state index in [9.17, 15) is 14.7 Å². The Kier molecular flexibility index (Phi) is 5.64. The van der Waals surface area contributed by atoms with Crippen LogP contribution in [-0.4, -0.2) is 29.6 Å². The third kappa shape index (κ3) is 4.47. The molecule has 0 aliphatic heterocycles. The van der Waals surface area contributed by atoms with Crippen molar-refractivity contribution in [3.63, 3.8) is 0 Å². The molecular weight excluding hydrogens is 294 g/mol. The van der Waals surface area contributed by atoms with Crippen molar-refractivity contribution in [2.24, 2.45) is 11.8 Å². The molecule has 2 N–H and O–H groups in total. The molecule has 3 atom stereocenters. The first-order valence-corrected chi connectivity index (χ1v) is 8.14. The van der Waals surface area contributed by atoms with E-state index in [0.29, 0.717) is 11.8 Å². The number of aryl methyl sites for hydroxylation is 1. The van der Waals surface area contributed by atoms with Gasteiger partial charge in [-0.15, -0.1) is 0 Å². The van der Waals surface area contributed by atoms with E-state index in [1.54, 1.807) is 12.1 Å². The van der Waals surface area contributed by atoms with Crippen molar-refractivity contribution < 1.29 is 19.4 Å². The molecule has 1 aliphatic rings. The number of esters is 1. The zero-order valence-corrected chi connectivity index (χ0v) is 14.0. The van der Waals surface area contributed by atoms with Crippen LogP contribution in [0.2, 0.25) is 0 Å². The quantitative estimate of drug-likeness (QED) is 0.837. The van der Waals surface area contributed by atoms with E-state index in [1.165, 1.54) is 12.5 Å². The molecule has 0 saturated heterocycles. The van der Waals surface area contributed by atoms with Crippen LogP contribution in [0, 0.1) is 18.8 Å². The van der Waals surface area contributed by atoms with Crippen molar-refractivity contribution >= 4 is 11.9 Å². The second-order valence-corrected chi connectivity index (χ2v) is 6.54. The van der Waals surface area contributed by atoms with Crippen molar-refractivity contribution in [2.75, 3.05) is 6.61 Å². The van der Waals surface area contributed by atoms with Crippen molar-refractivity contribution in [1.82, 2.24) is 5.32 Å². The summed E-state index contributed by atoms with van der Waals surface area (Å²) in [5.74, 6) is -0.122. The maximum absolute atomic E-state index is 12.0. The largest absolute Gasteiger partial charge is 0.507 e. The number of phenolic OH excluding ortho intramolecular Hbond substituents is 1. The number of benzene rings is 1. The molecule has 0 radical (unpaired) electrons. The zero-order valence-electron chi connectivity index (χ0n) is 14.0. The summed E-state index contributed by atoms with van der Waals surface area (Å²) in [6.45, 7) is 5.83. The number of nitrogens with one attached hydrogen (secondary N) is 1. The van der Waals surface area contributed by atoms with E-state index in [0.717, 1.165) is 18.4 Å². The topological polar surface area (TPSA) is 75.6 Å². The van der Waals surface area contributed by atoms with Gasteiger partial charge in [-0.2, -0.15) is 0 Å². The summed E-state index contributed by atoms with van der Waals surface area (Å²) >= 11 is 0. The molecule has 126 valence electrons. The third-order valence-electron chi connectivity index (χ3n) is 4.76. The van der Waals surface area contributed by atoms with E-state index in [1.807, 2.05) is 6.92 Å². The molecule has 0 spiro atoms. The number of aromatic hydroxyl groups is 1. The predicted octanol–water partition coefficient (Wildman–Crippen LogP) is 2.80. The molecule has 1 fully saturated rings. The van der Waals surface area contributed by atoms with Gasteiger partial charge in [0.1, 0.15) is 11.3 Å². The van der Waals surface area contributed by atoms with Gasteiger partial charge in [-0.1, -0.05) is 38.3 Å². The van der Waals surface area contributed by atoms with Crippen LogP contribution in [0.5, 0.6) is 5.75 Å². The maximum Gasteiger partial charge on any atom is 0.342 e. The molecule has 23 heavy (non-hydrogen) atoms. The van der Waals surface area contributed by atoms with Crippen LogP contribution in [0.15, 0.2) is 18.2 Å². The fraction of sp³-hybridized carbons (Fsp3) is 0.556. The molecule has 0 heterocycles. The van der Waals surface area contributed by atoms with Crippen molar-refractivity contribution in [3.05, 3.63) is 29.3 Å². The highest BCUT2D eigenvalue weighted by Gasteiger charge is 2.28. The summed E-state index contributed by atoms with van der Waals surface area (Å²) in [7, 11) is 0. The Morgan fingerprint density at radius 3 is 2.78 bits per heavy atom. The molecule has 0 unspecified atom stereocenters. The molecule has 0 aromatic heterocycles. The maximum atomic E-state index is 12.0. The van der Waals surface area contributed by atoms with Crippen LogP contribution in [0.3, 0.4) is 0 Å². The van der Waals surface area contributed by atoms with E-state index in [4.69, 9.17) is 4.74 Å². The van der Waals surface area contributed by atoms with Crippen LogP contribution in [-0.2, 0) is 9.53 Å². The highest BCUT2D eigenvalue weighted by Crippen LogP contribution is 2.29. The van der Waals surface area contributed by atoms with Gasteiger partial charge in [0, 0.05) is 6.04 Å². The first-order chi connectivity index (χ1) is 10.9. The molecule has 1 aromatic rings. The van der Waals surface area contributed by atoms with Gasteiger partial charge < -0.3 is 15.2 Å². The minimum Gasteiger partial charge on any atom is -0.507 e. The monoisotopic (exact) mass is 319 g/mol. The van der Waals surface area contributed by atoms with Gasteiger partial charge in [0.25, 0.3) is 5.91 Å². The lowest BCUT2D eigenvalue weighted by molar-refractivity contribution is -0.125. The number of hydrogen-bond acceptors (Lipinski definition) is 4. The van der Waals surface area contributed by atoms with Crippen LogP contribution in [0.4, 0.5) is 0 Å². The second-order valence-electron chi connectivity index (χ2n) is 6.54. The van der Waals surface area contributed by atoms with E-state index < -0.39 is 5.97 Å². The van der Waals surface area contributed by atoms with Gasteiger partial charge in [0.15, 0.2) is 6.61 Å². The number of amides is 1. The lowest BCUT2D eigenvalue weighted by atomic mass is 9.78. The summed E-state index contributed by atoms with van der Waals surface area (Å²) in [5.41, 5.74) is 0.918. The first kappa shape index (κ1) is 17.3. The van der Waals surface area contributed by atoms with Crippen molar-refractivity contribution in [2.45, 2.75) is 46.1 Å². The van der Waals surface area contributed by atoms with Gasteiger partial charge in [0.2, 0.25) is 0 Å². The van der Waals surface area contributed by atoms with E-state index in [-0.39, 0.29) is 29.9 Å². The fourth-order valence-corrected chi connectivity index (χ4v) is 3.06. The number of ether oxygens (including phenoxy) is 1. The summed E-state index contributed by atoms with van der Waals surface area (Å²) < 4.78 is 5.02. The van der Waals surface area contributed by atoms with Gasteiger partial charge in [-0.25, -0.2) is 4.79 Å². The van der Waals surface area contributed by atoms with Crippen LogP contribution in [0.1, 0.15) is 49.0 Å². The molecule has 5 nitrogen and oxygen atoms in total. The number of rotatable bonds is 4. The Hall–Kier alpha value is -2.04. The summed E-state index contributed by atoms with van der Waals surface area (Å²) in [6, 6.07) is 4.82. The molecule has 1 aliphatic carbocycles. The zero-order chi connectivity index (χ0) is 17.0. The third-order valence-corrected chi connectivity index (χ3v) is 4.76. The van der Waals surface area contributed by atoms with Crippen molar-refractivity contribution in [3.8, 4) is 5.75 Å². The fourth-order valence-electron chi connectivity index (χ4n) is 3.06. The van der Waals surface area contributed by atoms with Gasteiger partial charge in [-0.05, 0) is 37.3 Å². The Labute approximate surface area is 137 Å². The molecule has 5 heteroatoms. The SMILES string of the molecule is Cc1ccc(O)c(C(=O)OCC(=O)N[C@@H]2CCC[C@H](C)[C@@H]2C)c1. The molecule has 0 bridgehead atoms. The minimum atomic E-state index is -0.689. The van der Waals surface area contributed by atoms with Gasteiger partial charge in [0.05, 0.1) is 0 Å². The van der Waals surface area contributed by atoms with Crippen LogP contribution < -0.4 is 5.32 Å². The predicted molar refractivity (Wildman–Crippen MR) is 87.2 cm³/mol. The van der Waals surface area contributed by atoms with E-state index >= 15 is 0 Å². The summed E-state index contributed by atoms with van der Waals surface area (Å²) in [6.07, 6.45) is 3.26. The normalized spacial score (nSPS) is 24.0. The Bertz CT molecular complexity index is 584. The number of carbonyl (C=O) groups excluding carboxylic acids is 2. The van der Waals surface area contributed by atoms with E-state index in [2.05, 4.69) is 19.2 Å². The molecule has 1 amide bonds.